The van der Waals surface area contributed by atoms with Crippen LogP contribution in [0.1, 0.15) is 22.4 Å². The Morgan fingerprint density at radius 3 is 2.57 bits per heavy atom. The number of hydrogen-bond donors (Lipinski definition) is 1. The second-order valence-electron chi connectivity index (χ2n) is 7.47. The molecule has 0 aliphatic carbocycles. The zero-order valence-corrected chi connectivity index (χ0v) is 17.1. The molecular formula is C23H25N7. The normalized spacial score (nSPS) is 14.9. The number of anilines is 2. The summed E-state index contributed by atoms with van der Waals surface area (Å²) in [5.41, 5.74) is 10.4. The van der Waals surface area contributed by atoms with Crippen molar-refractivity contribution in [1.29, 1.82) is 5.26 Å². The molecule has 7 heteroatoms. The Hall–Kier alpha value is -3.63. The molecule has 0 atom stereocenters. The van der Waals surface area contributed by atoms with E-state index in [1.807, 2.05) is 31.2 Å². The van der Waals surface area contributed by atoms with Crippen LogP contribution in [-0.2, 0) is 6.54 Å². The van der Waals surface area contributed by atoms with E-state index in [2.05, 4.69) is 50.2 Å². The van der Waals surface area contributed by atoms with Crippen LogP contribution in [0.4, 0.5) is 11.6 Å². The maximum atomic E-state index is 9.69. The summed E-state index contributed by atoms with van der Waals surface area (Å²) in [5, 5.41) is 14.0. The first-order valence-electron chi connectivity index (χ1n) is 10.0. The fraction of sp³-hybridized carbons (Fsp3) is 0.261. The van der Waals surface area contributed by atoms with Crippen molar-refractivity contribution in [2.45, 2.75) is 13.5 Å². The molecule has 0 spiro atoms. The summed E-state index contributed by atoms with van der Waals surface area (Å²) < 4.78 is 1.53. The zero-order valence-electron chi connectivity index (χ0n) is 17.1. The van der Waals surface area contributed by atoms with Gasteiger partial charge in [0.25, 0.3) is 0 Å². The number of hydrogen-bond acceptors (Lipinski definition) is 6. The number of nitrogens with zero attached hydrogens (tertiary/aromatic N) is 6. The van der Waals surface area contributed by atoms with Gasteiger partial charge in [0.15, 0.2) is 0 Å². The van der Waals surface area contributed by atoms with Gasteiger partial charge in [0, 0.05) is 32.7 Å². The topological polar surface area (TPSA) is 86.5 Å². The Morgan fingerprint density at radius 2 is 1.90 bits per heavy atom. The molecule has 0 amide bonds. The molecule has 30 heavy (non-hydrogen) atoms. The average molecular weight is 400 g/mol. The molecule has 0 bridgehead atoms. The van der Waals surface area contributed by atoms with E-state index in [1.165, 1.54) is 10.2 Å². The van der Waals surface area contributed by atoms with E-state index in [-0.39, 0.29) is 0 Å². The molecule has 1 aromatic heterocycles. The first-order chi connectivity index (χ1) is 14.6. The van der Waals surface area contributed by atoms with Crippen molar-refractivity contribution in [3.63, 3.8) is 0 Å². The zero-order chi connectivity index (χ0) is 20.9. The summed E-state index contributed by atoms with van der Waals surface area (Å²) in [5.74, 6) is 0.342. The first-order valence-corrected chi connectivity index (χ1v) is 10.0. The molecule has 0 radical (unpaired) electrons. The summed E-state index contributed by atoms with van der Waals surface area (Å²) >= 11 is 0. The highest BCUT2D eigenvalue weighted by molar-refractivity contribution is 5.82. The fourth-order valence-electron chi connectivity index (χ4n) is 3.71. The molecule has 3 aromatic rings. The van der Waals surface area contributed by atoms with Crippen molar-refractivity contribution in [2.75, 3.05) is 36.8 Å². The minimum absolute atomic E-state index is 0.342. The van der Waals surface area contributed by atoms with Crippen LogP contribution in [0.15, 0.2) is 59.8 Å². The number of aromatic nitrogens is 2. The largest absolute Gasteiger partial charge is 0.368 e. The molecule has 152 valence electrons. The fourth-order valence-corrected chi connectivity index (χ4v) is 3.71. The smallest absolute Gasteiger partial charge is 0.221 e. The number of aryl methyl sites for hydroxylation is 1. The van der Waals surface area contributed by atoms with Crippen LogP contribution in [0.25, 0.3) is 0 Å². The van der Waals surface area contributed by atoms with Crippen LogP contribution in [0.2, 0.25) is 0 Å². The third-order valence-electron chi connectivity index (χ3n) is 5.27. The highest BCUT2D eigenvalue weighted by Crippen LogP contribution is 2.23. The van der Waals surface area contributed by atoms with Crippen molar-refractivity contribution in [2.24, 2.45) is 5.10 Å². The summed E-state index contributed by atoms with van der Waals surface area (Å²) in [4.78, 5) is 8.87. The Balaban J connectivity index is 1.42. The van der Waals surface area contributed by atoms with Crippen molar-refractivity contribution < 1.29 is 0 Å². The molecule has 2 aromatic carbocycles. The van der Waals surface area contributed by atoms with Gasteiger partial charge < -0.3 is 10.6 Å². The number of rotatable bonds is 5. The minimum atomic E-state index is 0.342. The monoisotopic (exact) mass is 399 g/mol. The average Bonchev–Trinajstić information content (AvgIpc) is 3.10. The molecule has 2 heterocycles. The second kappa shape index (κ2) is 8.80. The molecule has 1 fully saturated rings. The minimum Gasteiger partial charge on any atom is -0.368 e. The van der Waals surface area contributed by atoms with Crippen molar-refractivity contribution in [1.82, 2.24) is 14.6 Å². The van der Waals surface area contributed by atoms with E-state index in [0.717, 1.165) is 49.7 Å². The lowest BCUT2D eigenvalue weighted by molar-refractivity contribution is 0.250. The summed E-state index contributed by atoms with van der Waals surface area (Å²) in [6.07, 6.45) is 3.46. The molecule has 7 nitrogen and oxygen atoms in total. The van der Waals surface area contributed by atoms with Crippen LogP contribution in [0, 0.1) is 18.3 Å². The van der Waals surface area contributed by atoms with Crippen molar-refractivity contribution >= 4 is 17.9 Å². The quantitative estimate of drug-likeness (QED) is 0.667. The van der Waals surface area contributed by atoms with Crippen LogP contribution in [0.3, 0.4) is 0 Å². The van der Waals surface area contributed by atoms with E-state index >= 15 is 0 Å². The predicted octanol–water partition coefficient (Wildman–Crippen LogP) is 2.85. The Labute approximate surface area is 176 Å². The lowest BCUT2D eigenvalue weighted by Crippen LogP contribution is -2.46. The molecule has 1 aliphatic heterocycles. The van der Waals surface area contributed by atoms with E-state index in [9.17, 15) is 5.26 Å². The number of imidazole rings is 1. The van der Waals surface area contributed by atoms with Gasteiger partial charge in [0.1, 0.15) is 6.07 Å². The predicted molar refractivity (Wildman–Crippen MR) is 119 cm³/mol. The van der Waals surface area contributed by atoms with Gasteiger partial charge in [-0.25, -0.2) is 9.66 Å². The molecular weight excluding hydrogens is 374 g/mol. The highest BCUT2D eigenvalue weighted by Gasteiger charge is 2.19. The summed E-state index contributed by atoms with van der Waals surface area (Å²) in [6.45, 7) is 6.58. The van der Waals surface area contributed by atoms with Gasteiger partial charge >= 0.3 is 0 Å². The number of nitrogen functional groups attached to an aromatic ring is 1. The van der Waals surface area contributed by atoms with Crippen LogP contribution in [-0.4, -0.2) is 47.0 Å². The molecule has 1 saturated heterocycles. The van der Waals surface area contributed by atoms with Gasteiger partial charge in [0.05, 0.1) is 29.4 Å². The SMILES string of the molecule is Cc1cn(N=Cc2ccc(N3CCN(Cc4ccccc4)CC3)c(C#N)c2)c(N)n1. The number of benzene rings is 2. The van der Waals surface area contributed by atoms with Gasteiger partial charge in [0.2, 0.25) is 5.95 Å². The van der Waals surface area contributed by atoms with Gasteiger partial charge in [-0.1, -0.05) is 36.4 Å². The van der Waals surface area contributed by atoms with Gasteiger partial charge in [-0.3, -0.25) is 4.90 Å². The molecule has 0 unspecified atom stereocenters. The summed E-state index contributed by atoms with van der Waals surface area (Å²) in [7, 11) is 0. The second-order valence-corrected chi connectivity index (χ2v) is 7.47. The van der Waals surface area contributed by atoms with E-state index in [0.29, 0.717) is 11.5 Å². The van der Waals surface area contributed by atoms with Gasteiger partial charge in [-0.05, 0) is 30.2 Å². The van der Waals surface area contributed by atoms with E-state index < -0.39 is 0 Å². The standard InChI is InChI=1S/C23H25N7/c1-18-16-30(23(25)27-18)26-15-20-7-8-22(21(13-20)14-24)29-11-9-28(10-12-29)17-19-5-3-2-4-6-19/h2-8,13,15-16H,9-12,17H2,1H3,(H2,25,27). The molecule has 0 saturated carbocycles. The molecule has 2 N–H and O–H groups in total. The summed E-state index contributed by atoms with van der Waals surface area (Å²) in [6, 6.07) is 18.7. The highest BCUT2D eigenvalue weighted by atomic mass is 15.4. The van der Waals surface area contributed by atoms with Crippen LogP contribution in [0.5, 0.6) is 0 Å². The first kappa shape index (κ1) is 19.7. The Kier molecular flexibility index (Phi) is 5.77. The molecule has 1 aliphatic rings. The van der Waals surface area contributed by atoms with Crippen LogP contribution >= 0.6 is 0 Å². The third-order valence-corrected chi connectivity index (χ3v) is 5.27. The molecule has 4 rings (SSSR count). The van der Waals surface area contributed by atoms with E-state index in [4.69, 9.17) is 5.73 Å². The maximum Gasteiger partial charge on any atom is 0.221 e. The van der Waals surface area contributed by atoms with Crippen LogP contribution < -0.4 is 10.6 Å². The number of nitriles is 1. The maximum absolute atomic E-state index is 9.69. The van der Waals surface area contributed by atoms with E-state index in [1.54, 1.807) is 12.4 Å². The lowest BCUT2D eigenvalue weighted by atomic mass is 10.1. The number of piperazine rings is 1. The van der Waals surface area contributed by atoms with Crippen molar-refractivity contribution in [3.8, 4) is 6.07 Å². The van der Waals surface area contributed by atoms with Gasteiger partial charge in [-0.2, -0.15) is 10.4 Å². The van der Waals surface area contributed by atoms with Crippen molar-refractivity contribution in [3.05, 3.63) is 77.1 Å². The van der Waals surface area contributed by atoms with Gasteiger partial charge in [-0.15, -0.1) is 0 Å². The number of nitrogens with two attached hydrogens (primary N) is 1. The lowest BCUT2D eigenvalue weighted by Gasteiger charge is -2.36. The Bertz CT molecular complexity index is 1070. The Morgan fingerprint density at radius 1 is 1.13 bits per heavy atom. The third kappa shape index (κ3) is 4.50.